The lowest BCUT2D eigenvalue weighted by Crippen LogP contribution is -2.16. The molecule has 1 aromatic rings. The van der Waals surface area contributed by atoms with E-state index in [1.165, 1.54) is 0 Å². The number of aromatic nitrogens is 1. The van der Waals surface area contributed by atoms with Crippen molar-refractivity contribution in [2.75, 3.05) is 0 Å². The summed E-state index contributed by atoms with van der Waals surface area (Å²) in [6.45, 7) is 12.6. The smallest absolute Gasteiger partial charge is 0.508 e. The first-order valence-electron chi connectivity index (χ1n) is 7.55. The quantitative estimate of drug-likeness (QED) is 0.637. The van der Waals surface area contributed by atoms with Gasteiger partial charge in [0, 0.05) is 22.7 Å². The fraction of sp³-hybridized carbons (Fsp3) is 0.353. The van der Waals surface area contributed by atoms with Crippen LogP contribution in [0.15, 0.2) is 34.2 Å². The first kappa shape index (κ1) is 17.3. The van der Waals surface area contributed by atoms with Gasteiger partial charge < -0.3 is 9.58 Å². The minimum Gasteiger partial charge on any atom is -0.508 e. The molecule has 0 radical (unpaired) electrons. The molecule has 1 aliphatic heterocycles. The summed E-state index contributed by atoms with van der Waals surface area (Å²) in [6, 6.07) is 0. The molecular weight excluding hydrogens is 297 g/mol. The summed E-state index contributed by atoms with van der Waals surface area (Å²) in [5.74, 6) is -0.0569. The molecule has 1 aromatic heterocycles. The van der Waals surface area contributed by atoms with Crippen molar-refractivity contribution < 1.29 is 13.7 Å². The highest BCUT2D eigenvalue weighted by molar-refractivity contribution is 6.41. The van der Waals surface area contributed by atoms with E-state index in [2.05, 4.69) is 11.6 Å². The van der Waals surface area contributed by atoms with Crippen LogP contribution >= 0.6 is 0 Å². The molecule has 0 spiro atoms. The Hall–Kier alpha value is -2.11. The Balaban J connectivity index is 2.68. The van der Waals surface area contributed by atoms with Crippen LogP contribution in [0.1, 0.15) is 43.3 Å². The first-order chi connectivity index (χ1) is 10.7. The SMILES string of the molecule is C=C(O)C1=C(C)/C(=C/c2c(C)c(CC)c(C)n2B(F)F)N=C1C. The zero-order chi connectivity index (χ0) is 17.5. The third-order valence-corrected chi connectivity index (χ3v) is 4.41. The second-order valence-electron chi connectivity index (χ2n) is 5.75. The van der Waals surface area contributed by atoms with Crippen LogP contribution in [0.25, 0.3) is 6.08 Å². The number of halogens is 2. The number of hydrogen-bond donors (Lipinski definition) is 1. The molecule has 0 aliphatic carbocycles. The molecule has 122 valence electrons. The van der Waals surface area contributed by atoms with E-state index < -0.39 is 7.40 Å². The highest BCUT2D eigenvalue weighted by atomic mass is 19.2. The fourth-order valence-corrected chi connectivity index (χ4v) is 3.30. The van der Waals surface area contributed by atoms with Crippen LogP contribution in [0.5, 0.6) is 0 Å². The average molecular weight is 318 g/mol. The lowest BCUT2D eigenvalue weighted by Gasteiger charge is -2.07. The van der Waals surface area contributed by atoms with E-state index in [-0.39, 0.29) is 5.76 Å². The normalized spacial score (nSPS) is 16.3. The predicted octanol–water partition coefficient (Wildman–Crippen LogP) is 4.64. The summed E-state index contributed by atoms with van der Waals surface area (Å²) in [6.07, 6.45) is 2.37. The molecule has 23 heavy (non-hydrogen) atoms. The number of aliphatic imine (C=N–C) groups is 1. The molecule has 0 unspecified atom stereocenters. The van der Waals surface area contributed by atoms with Crippen molar-refractivity contribution in [2.45, 2.75) is 41.0 Å². The zero-order valence-electron chi connectivity index (χ0n) is 14.2. The Morgan fingerprint density at radius 2 is 1.91 bits per heavy atom. The third kappa shape index (κ3) is 2.78. The van der Waals surface area contributed by atoms with Crippen LogP contribution in [0.4, 0.5) is 8.63 Å². The van der Waals surface area contributed by atoms with E-state index >= 15 is 0 Å². The molecule has 0 saturated heterocycles. The second-order valence-corrected chi connectivity index (χ2v) is 5.75. The van der Waals surface area contributed by atoms with Gasteiger partial charge in [0.25, 0.3) is 0 Å². The highest BCUT2D eigenvalue weighted by Crippen LogP contribution is 2.32. The lowest BCUT2D eigenvalue weighted by molar-refractivity contribution is 0.430. The fourth-order valence-electron chi connectivity index (χ4n) is 3.30. The average Bonchev–Trinajstić information content (AvgIpc) is 2.85. The first-order valence-corrected chi connectivity index (χ1v) is 7.55. The van der Waals surface area contributed by atoms with E-state index in [4.69, 9.17) is 0 Å². The topological polar surface area (TPSA) is 37.5 Å². The molecule has 1 aliphatic rings. The van der Waals surface area contributed by atoms with Crippen LogP contribution in [0.3, 0.4) is 0 Å². The van der Waals surface area contributed by atoms with Gasteiger partial charge >= 0.3 is 7.40 Å². The van der Waals surface area contributed by atoms with Crippen molar-refractivity contribution in [2.24, 2.45) is 4.99 Å². The Labute approximate surface area is 135 Å². The summed E-state index contributed by atoms with van der Waals surface area (Å²) in [4.78, 5) is 4.40. The van der Waals surface area contributed by atoms with Crippen molar-refractivity contribution in [3.63, 3.8) is 0 Å². The van der Waals surface area contributed by atoms with Gasteiger partial charge in [-0.05, 0) is 56.9 Å². The maximum atomic E-state index is 13.5. The standard InChI is InChI=1S/C17H21BF2N2O/c1-7-14-9(2)16(22(12(14)5)18(19)20)8-15-10(3)17(13(6)23)11(4)21-15/h8,23H,6-7H2,1-5H3/b15-8-. The number of aliphatic hydroxyl groups is 1. The van der Waals surface area contributed by atoms with Crippen molar-refractivity contribution in [1.29, 1.82) is 0 Å². The molecule has 2 rings (SSSR count). The molecule has 0 amide bonds. The van der Waals surface area contributed by atoms with E-state index in [1.807, 2.05) is 13.8 Å². The van der Waals surface area contributed by atoms with Crippen LogP contribution < -0.4 is 0 Å². The Bertz CT molecular complexity index is 770. The van der Waals surface area contributed by atoms with Gasteiger partial charge in [-0.25, -0.2) is 0 Å². The van der Waals surface area contributed by atoms with Gasteiger partial charge in [-0.3, -0.25) is 13.6 Å². The number of rotatable bonds is 4. The van der Waals surface area contributed by atoms with Gasteiger partial charge in [-0.15, -0.1) is 0 Å². The minimum atomic E-state index is -2.61. The van der Waals surface area contributed by atoms with Crippen LogP contribution in [0.2, 0.25) is 0 Å². The highest BCUT2D eigenvalue weighted by Gasteiger charge is 2.27. The Kier molecular flexibility index (Phi) is 4.64. The predicted molar refractivity (Wildman–Crippen MR) is 92.2 cm³/mol. The molecule has 0 fully saturated rings. The maximum Gasteiger partial charge on any atom is 0.677 e. The van der Waals surface area contributed by atoms with Gasteiger partial charge in [-0.2, -0.15) is 0 Å². The molecule has 0 saturated carbocycles. The van der Waals surface area contributed by atoms with Gasteiger partial charge in [-0.1, -0.05) is 13.5 Å². The van der Waals surface area contributed by atoms with Gasteiger partial charge in [0.1, 0.15) is 5.76 Å². The van der Waals surface area contributed by atoms with E-state index in [0.717, 1.165) is 21.2 Å². The van der Waals surface area contributed by atoms with Crippen LogP contribution in [-0.4, -0.2) is 22.7 Å². The number of hydrogen-bond acceptors (Lipinski definition) is 2. The Morgan fingerprint density at radius 1 is 1.30 bits per heavy atom. The third-order valence-electron chi connectivity index (χ3n) is 4.41. The van der Waals surface area contributed by atoms with Gasteiger partial charge in [0.05, 0.1) is 5.70 Å². The molecule has 1 N–H and O–H groups in total. The monoisotopic (exact) mass is 318 g/mol. The van der Waals surface area contributed by atoms with Crippen LogP contribution in [0, 0.1) is 13.8 Å². The molecular formula is C17H21BF2N2O. The summed E-state index contributed by atoms with van der Waals surface area (Å²) >= 11 is 0. The number of nitrogens with zero attached hydrogens (tertiary/aromatic N) is 2. The summed E-state index contributed by atoms with van der Waals surface area (Å²) in [5, 5.41) is 9.67. The van der Waals surface area contributed by atoms with Crippen molar-refractivity contribution in [1.82, 2.24) is 4.48 Å². The summed E-state index contributed by atoms with van der Waals surface area (Å²) in [7, 11) is -2.61. The lowest BCUT2D eigenvalue weighted by atomic mass is 10.0. The van der Waals surface area contributed by atoms with E-state index in [0.29, 0.717) is 34.8 Å². The van der Waals surface area contributed by atoms with Gasteiger partial charge in [0.15, 0.2) is 0 Å². The molecule has 0 bridgehead atoms. The minimum absolute atomic E-state index is 0.0569. The zero-order valence-corrected chi connectivity index (χ0v) is 14.2. The molecule has 0 atom stereocenters. The maximum absolute atomic E-state index is 13.5. The van der Waals surface area contributed by atoms with E-state index in [9.17, 15) is 13.7 Å². The Morgan fingerprint density at radius 3 is 2.35 bits per heavy atom. The largest absolute Gasteiger partial charge is 0.677 e. The molecule has 0 aromatic carbocycles. The van der Waals surface area contributed by atoms with Crippen molar-refractivity contribution >= 4 is 19.2 Å². The van der Waals surface area contributed by atoms with Crippen molar-refractivity contribution in [3.8, 4) is 0 Å². The second kappa shape index (κ2) is 6.18. The van der Waals surface area contributed by atoms with E-state index in [1.54, 1.807) is 26.8 Å². The summed E-state index contributed by atoms with van der Waals surface area (Å²) in [5.41, 5.74) is 5.37. The molecule has 6 heteroatoms. The summed E-state index contributed by atoms with van der Waals surface area (Å²) < 4.78 is 28.1. The molecule has 3 nitrogen and oxygen atoms in total. The number of aliphatic hydroxyl groups excluding tert-OH is 1. The molecule has 2 heterocycles. The van der Waals surface area contributed by atoms with Gasteiger partial charge in [0.2, 0.25) is 0 Å². The number of allylic oxidation sites excluding steroid dienone is 2. The van der Waals surface area contributed by atoms with Crippen molar-refractivity contribution in [3.05, 3.63) is 51.7 Å². The van der Waals surface area contributed by atoms with Crippen LogP contribution in [-0.2, 0) is 6.42 Å².